The molecule has 0 aliphatic heterocycles. The number of hydrogen-bond acceptors (Lipinski definition) is 5. The van der Waals surface area contributed by atoms with Crippen LogP contribution in [0.25, 0.3) is 0 Å². The molecule has 0 spiro atoms. The monoisotopic (exact) mass is 482 g/mol. The lowest BCUT2D eigenvalue weighted by Crippen LogP contribution is -2.47. The Morgan fingerprint density at radius 3 is 2.46 bits per heavy atom. The quantitative estimate of drug-likeness (QED) is 0.484. The Hall–Kier alpha value is -3.16. The average Bonchev–Trinajstić information content (AvgIpc) is 3.47. The van der Waals surface area contributed by atoms with E-state index >= 15 is 0 Å². The molecule has 0 saturated heterocycles. The smallest absolute Gasteiger partial charge is 0.247 e. The van der Waals surface area contributed by atoms with E-state index in [9.17, 15) is 14.4 Å². The van der Waals surface area contributed by atoms with Crippen molar-refractivity contribution in [2.75, 3.05) is 11.9 Å². The second-order valence-electron chi connectivity index (χ2n) is 9.89. The molecule has 0 radical (unpaired) electrons. The third-order valence-corrected chi connectivity index (χ3v) is 6.47. The summed E-state index contributed by atoms with van der Waals surface area (Å²) in [5.41, 5.74) is 1.78. The highest BCUT2D eigenvalue weighted by Crippen LogP contribution is 2.28. The summed E-state index contributed by atoms with van der Waals surface area (Å²) < 4.78 is 4.97. The maximum atomic E-state index is 13.6. The number of carbonyl (C=O) groups is 3. The van der Waals surface area contributed by atoms with E-state index in [0.29, 0.717) is 24.0 Å². The molecule has 3 rings (SSSR count). The molecule has 1 heterocycles. The fourth-order valence-corrected chi connectivity index (χ4v) is 4.48. The number of nitrogens with zero attached hydrogens (tertiary/aromatic N) is 2. The van der Waals surface area contributed by atoms with Crippen molar-refractivity contribution in [3.63, 3.8) is 0 Å². The number of hydrogen-bond donors (Lipinski definition) is 2. The van der Waals surface area contributed by atoms with Gasteiger partial charge in [0.15, 0.2) is 5.82 Å². The van der Waals surface area contributed by atoms with Crippen LogP contribution in [0.15, 0.2) is 34.9 Å². The van der Waals surface area contributed by atoms with E-state index in [0.717, 1.165) is 43.2 Å². The summed E-state index contributed by atoms with van der Waals surface area (Å²) >= 11 is 0. The van der Waals surface area contributed by atoms with Gasteiger partial charge in [-0.25, -0.2) is 0 Å². The van der Waals surface area contributed by atoms with Crippen molar-refractivity contribution in [1.29, 1.82) is 0 Å². The van der Waals surface area contributed by atoms with Crippen molar-refractivity contribution in [2.24, 2.45) is 5.92 Å². The van der Waals surface area contributed by atoms with Gasteiger partial charge in [0.05, 0.1) is 0 Å². The van der Waals surface area contributed by atoms with Crippen LogP contribution >= 0.6 is 0 Å². The molecule has 1 unspecified atom stereocenters. The van der Waals surface area contributed by atoms with Crippen molar-refractivity contribution in [1.82, 2.24) is 15.4 Å². The molecule has 1 aromatic heterocycles. The zero-order valence-electron chi connectivity index (χ0n) is 21.3. The summed E-state index contributed by atoms with van der Waals surface area (Å²) in [6.45, 7) is 8.33. The summed E-state index contributed by atoms with van der Waals surface area (Å²) in [7, 11) is 0. The van der Waals surface area contributed by atoms with Gasteiger partial charge >= 0.3 is 0 Å². The lowest BCUT2D eigenvalue weighted by molar-refractivity contribution is -0.142. The van der Waals surface area contributed by atoms with E-state index < -0.39 is 6.04 Å². The molecule has 1 fully saturated rings. The van der Waals surface area contributed by atoms with Crippen molar-refractivity contribution in [2.45, 2.75) is 84.7 Å². The molecule has 2 aromatic rings. The van der Waals surface area contributed by atoms with Gasteiger partial charge in [-0.3, -0.25) is 14.4 Å². The largest absolute Gasteiger partial charge is 0.360 e. The topological polar surface area (TPSA) is 105 Å². The number of anilines is 1. The van der Waals surface area contributed by atoms with E-state index in [1.54, 1.807) is 17.9 Å². The van der Waals surface area contributed by atoms with Gasteiger partial charge in [0.2, 0.25) is 17.7 Å². The molecular weight excluding hydrogens is 444 g/mol. The standard InChI is InChI=1S/C27H38N4O4/c1-18(2)15-16-31(25(33)14-13-24(32)29-23-17-20(4)35-30-23)26(22-12-8-5-9-19(22)3)27(34)28-21-10-6-7-11-21/h5,8-9,12,17-18,21,26H,6-7,10-11,13-16H2,1-4H3,(H,28,34)(H,29,30,32). The number of nitrogens with one attached hydrogen (secondary N) is 2. The SMILES string of the molecule is Cc1cc(NC(=O)CCC(=O)N(CCC(C)C)C(C(=O)NC2CCCC2)c2ccccc2C)no1. The second-order valence-corrected chi connectivity index (χ2v) is 9.89. The molecule has 3 amide bonds. The predicted octanol–water partition coefficient (Wildman–Crippen LogP) is 4.68. The number of aryl methyl sites for hydroxylation is 2. The van der Waals surface area contributed by atoms with Crippen LogP contribution in [0.1, 0.15) is 81.7 Å². The highest BCUT2D eigenvalue weighted by atomic mass is 16.5. The van der Waals surface area contributed by atoms with Crippen molar-refractivity contribution in [3.8, 4) is 0 Å². The van der Waals surface area contributed by atoms with Crippen LogP contribution in [0.3, 0.4) is 0 Å². The molecule has 0 bridgehead atoms. The normalized spacial score (nSPS) is 14.7. The molecule has 1 aliphatic carbocycles. The third kappa shape index (κ3) is 7.67. The number of aromatic nitrogens is 1. The molecule has 1 atom stereocenters. The lowest BCUT2D eigenvalue weighted by Gasteiger charge is -2.33. The molecular formula is C27H38N4O4. The van der Waals surface area contributed by atoms with E-state index in [4.69, 9.17) is 4.52 Å². The molecule has 1 aromatic carbocycles. The van der Waals surface area contributed by atoms with Gasteiger partial charge in [0, 0.05) is 31.5 Å². The molecule has 35 heavy (non-hydrogen) atoms. The zero-order valence-corrected chi connectivity index (χ0v) is 21.3. The lowest BCUT2D eigenvalue weighted by atomic mass is 9.97. The molecule has 8 heteroatoms. The molecule has 8 nitrogen and oxygen atoms in total. The first-order chi connectivity index (χ1) is 16.7. The Morgan fingerprint density at radius 1 is 1.11 bits per heavy atom. The maximum Gasteiger partial charge on any atom is 0.247 e. The van der Waals surface area contributed by atoms with Gasteiger partial charge in [0.25, 0.3) is 0 Å². The minimum atomic E-state index is -0.732. The summed E-state index contributed by atoms with van der Waals surface area (Å²) in [5, 5.41) is 9.61. The zero-order chi connectivity index (χ0) is 25.4. The van der Waals surface area contributed by atoms with Gasteiger partial charge < -0.3 is 20.1 Å². The Kier molecular flexibility index (Phi) is 9.46. The molecule has 1 aliphatic rings. The van der Waals surface area contributed by atoms with E-state index in [1.807, 2.05) is 31.2 Å². The first-order valence-electron chi connectivity index (χ1n) is 12.6. The minimum Gasteiger partial charge on any atom is -0.360 e. The van der Waals surface area contributed by atoms with Crippen LogP contribution < -0.4 is 10.6 Å². The van der Waals surface area contributed by atoms with Crippen molar-refractivity contribution in [3.05, 3.63) is 47.2 Å². The van der Waals surface area contributed by atoms with Crippen molar-refractivity contribution < 1.29 is 18.9 Å². The molecule has 2 N–H and O–H groups in total. The van der Waals surface area contributed by atoms with Crippen LogP contribution in [0.2, 0.25) is 0 Å². The van der Waals surface area contributed by atoms with Gasteiger partial charge in [-0.2, -0.15) is 0 Å². The second kappa shape index (κ2) is 12.5. The third-order valence-electron chi connectivity index (χ3n) is 6.47. The number of amides is 3. The Balaban J connectivity index is 1.79. The fourth-order valence-electron chi connectivity index (χ4n) is 4.48. The first kappa shape index (κ1) is 26.4. The molecule has 1 saturated carbocycles. The van der Waals surface area contributed by atoms with Crippen LogP contribution in [0.4, 0.5) is 5.82 Å². The maximum absolute atomic E-state index is 13.6. The van der Waals surface area contributed by atoms with Gasteiger partial charge in [-0.1, -0.05) is 56.1 Å². The number of rotatable bonds is 11. The predicted molar refractivity (Wildman–Crippen MR) is 135 cm³/mol. The highest BCUT2D eigenvalue weighted by Gasteiger charge is 2.33. The van der Waals surface area contributed by atoms with E-state index in [2.05, 4.69) is 29.6 Å². The van der Waals surface area contributed by atoms with Crippen LogP contribution in [0.5, 0.6) is 0 Å². The van der Waals surface area contributed by atoms with Gasteiger partial charge in [0.1, 0.15) is 11.8 Å². The summed E-state index contributed by atoms with van der Waals surface area (Å²) in [6.07, 6.45) is 4.90. The highest BCUT2D eigenvalue weighted by molar-refractivity contribution is 5.94. The van der Waals surface area contributed by atoms with E-state index in [-0.39, 0.29) is 36.6 Å². The molecule has 190 valence electrons. The minimum absolute atomic E-state index is 0.000147. The first-order valence-corrected chi connectivity index (χ1v) is 12.6. The van der Waals surface area contributed by atoms with Crippen LogP contribution in [-0.2, 0) is 14.4 Å². The Morgan fingerprint density at radius 2 is 1.83 bits per heavy atom. The van der Waals surface area contributed by atoms with E-state index in [1.165, 1.54) is 0 Å². The Labute approximate surface area is 207 Å². The number of benzene rings is 1. The Bertz CT molecular complexity index is 1010. The van der Waals surface area contributed by atoms with Crippen LogP contribution in [-0.4, -0.2) is 40.4 Å². The van der Waals surface area contributed by atoms with Crippen molar-refractivity contribution >= 4 is 23.5 Å². The van der Waals surface area contributed by atoms with Gasteiger partial charge in [-0.05, 0) is 50.2 Å². The number of carbonyl (C=O) groups excluding carboxylic acids is 3. The average molecular weight is 483 g/mol. The summed E-state index contributed by atoms with van der Waals surface area (Å²) in [4.78, 5) is 41.2. The van der Waals surface area contributed by atoms with Gasteiger partial charge in [-0.15, -0.1) is 0 Å². The fraction of sp³-hybridized carbons (Fsp3) is 0.556. The van der Waals surface area contributed by atoms with Crippen LogP contribution in [0, 0.1) is 19.8 Å². The summed E-state index contributed by atoms with van der Waals surface area (Å²) in [6, 6.07) is 8.75. The summed E-state index contributed by atoms with van der Waals surface area (Å²) in [5.74, 6) is 0.589.